The van der Waals surface area contributed by atoms with Crippen LogP contribution >= 0.6 is 0 Å². The molecular weight excluding hydrogens is 240 g/mol. The molecule has 0 atom stereocenters. The van der Waals surface area contributed by atoms with E-state index in [1.165, 1.54) is 12.0 Å². The van der Waals surface area contributed by atoms with Gasteiger partial charge in [0.15, 0.2) is 6.39 Å². The molecule has 0 aliphatic rings. The Kier molecular flexibility index (Phi) is 3.38. The van der Waals surface area contributed by atoms with E-state index in [1.807, 2.05) is 29.1 Å². The lowest BCUT2D eigenvalue weighted by atomic mass is 10.2. The van der Waals surface area contributed by atoms with Crippen molar-refractivity contribution in [1.82, 2.24) is 20.1 Å². The molecule has 0 aliphatic heterocycles. The summed E-state index contributed by atoms with van der Waals surface area (Å²) in [5.74, 6) is 0.830. The zero-order chi connectivity index (χ0) is 12.9. The molecule has 1 N–H and O–H groups in total. The maximum absolute atomic E-state index is 5.18. The van der Waals surface area contributed by atoms with Crippen LogP contribution in [0.1, 0.15) is 11.3 Å². The third kappa shape index (κ3) is 2.71. The van der Waals surface area contributed by atoms with Crippen LogP contribution in [0.15, 0.2) is 59.7 Å². The van der Waals surface area contributed by atoms with E-state index in [2.05, 4.69) is 27.5 Å². The zero-order valence-electron chi connectivity index (χ0n) is 10.4. The number of para-hydroxylation sites is 1. The van der Waals surface area contributed by atoms with Crippen molar-refractivity contribution in [3.05, 3.63) is 66.6 Å². The lowest BCUT2D eigenvalue weighted by molar-refractivity contribution is 0.478. The van der Waals surface area contributed by atoms with Crippen LogP contribution < -0.4 is 5.32 Å². The van der Waals surface area contributed by atoms with Gasteiger partial charge in [0.2, 0.25) is 0 Å². The quantitative estimate of drug-likeness (QED) is 0.758. The van der Waals surface area contributed by atoms with Gasteiger partial charge in [0.25, 0.3) is 0 Å². The summed E-state index contributed by atoms with van der Waals surface area (Å²) in [7, 11) is 0. The molecule has 0 unspecified atom stereocenters. The highest BCUT2D eigenvalue weighted by Crippen LogP contribution is 2.13. The number of nitrogens with one attached hydrogen (secondary N) is 1. The second-order valence-electron chi connectivity index (χ2n) is 4.15. The standard InChI is InChI=1S/C14H14N4O/c1-2-5-14(18-7-3-6-17-18)12(4-1)8-15-9-13-10-16-11-19-13/h1-7,10-11,15H,8-9H2. The molecule has 3 aromatic rings. The van der Waals surface area contributed by atoms with Gasteiger partial charge in [-0.3, -0.25) is 0 Å². The van der Waals surface area contributed by atoms with Crippen molar-refractivity contribution in [3.63, 3.8) is 0 Å². The Labute approximate surface area is 110 Å². The molecule has 2 aromatic heterocycles. The molecule has 19 heavy (non-hydrogen) atoms. The second kappa shape index (κ2) is 5.49. The minimum absolute atomic E-state index is 0.660. The number of aromatic nitrogens is 3. The summed E-state index contributed by atoms with van der Waals surface area (Å²) in [5, 5.41) is 7.60. The average Bonchev–Trinajstić information content (AvgIpc) is 3.12. The molecule has 3 rings (SSSR count). The van der Waals surface area contributed by atoms with E-state index < -0.39 is 0 Å². The van der Waals surface area contributed by atoms with E-state index in [9.17, 15) is 0 Å². The Bertz CT molecular complexity index is 617. The first-order valence-electron chi connectivity index (χ1n) is 6.09. The first-order valence-corrected chi connectivity index (χ1v) is 6.09. The third-order valence-corrected chi connectivity index (χ3v) is 2.84. The van der Waals surface area contributed by atoms with E-state index in [0.717, 1.165) is 18.0 Å². The van der Waals surface area contributed by atoms with Gasteiger partial charge in [0, 0.05) is 18.9 Å². The second-order valence-corrected chi connectivity index (χ2v) is 4.15. The molecule has 5 heteroatoms. The van der Waals surface area contributed by atoms with Crippen LogP contribution in [0.2, 0.25) is 0 Å². The smallest absolute Gasteiger partial charge is 0.180 e. The molecule has 0 fully saturated rings. The summed E-state index contributed by atoms with van der Waals surface area (Å²) < 4.78 is 7.05. The van der Waals surface area contributed by atoms with Gasteiger partial charge in [-0.1, -0.05) is 18.2 Å². The van der Waals surface area contributed by atoms with Gasteiger partial charge >= 0.3 is 0 Å². The summed E-state index contributed by atoms with van der Waals surface area (Å²) >= 11 is 0. The molecule has 2 heterocycles. The van der Waals surface area contributed by atoms with Crippen LogP contribution in [0.3, 0.4) is 0 Å². The predicted octanol–water partition coefficient (Wildman–Crippen LogP) is 2.15. The topological polar surface area (TPSA) is 55.9 Å². The van der Waals surface area contributed by atoms with Gasteiger partial charge in [-0.2, -0.15) is 5.10 Å². The minimum Gasteiger partial charge on any atom is -0.447 e. The maximum Gasteiger partial charge on any atom is 0.180 e. The fraction of sp³-hybridized carbons (Fsp3) is 0.143. The predicted molar refractivity (Wildman–Crippen MR) is 70.6 cm³/mol. The van der Waals surface area contributed by atoms with Crippen molar-refractivity contribution < 1.29 is 4.42 Å². The van der Waals surface area contributed by atoms with Crippen molar-refractivity contribution >= 4 is 0 Å². The monoisotopic (exact) mass is 254 g/mol. The van der Waals surface area contributed by atoms with E-state index in [4.69, 9.17) is 4.42 Å². The number of hydrogen-bond acceptors (Lipinski definition) is 4. The fourth-order valence-corrected chi connectivity index (χ4v) is 1.94. The summed E-state index contributed by atoms with van der Waals surface area (Å²) in [6, 6.07) is 10.1. The molecule has 1 aromatic carbocycles. The highest BCUT2D eigenvalue weighted by molar-refractivity contribution is 5.40. The Morgan fingerprint density at radius 2 is 2.11 bits per heavy atom. The molecule has 0 amide bonds. The summed E-state index contributed by atoms with van der Waals surface area (Å²) in [4.78, 5) is 3.89. The van der Waals surface area contributed by atoms with Crippen LogP contribution in [-0.2, 0) is 13.1 Å². The normalized spacial score (nSPS) is 10.7. The van der Waals surface area contributed by atoms with Crippen molar-refractivity contribution in [2.75, 3.05) is 0 Å². The van der Waals surface area contributed by atoms with Gasteiger partial charge in [0.1, 0.15) is 5.76 Å². The van der Waals surface area contributed by atoms with Crippen molar-refractivity contribution in [2.45, 2.75) is 13.1 Å². The van der Waals surface area contributed by atoms with Gasteiger partial charge in [-0.05, 0) is 17.7 Å². The number of oxazole rings is 1. The molecule has 0 saturated carbocycles. The van der Waals surface area contributed by atoms with Crippen LogP contribution in [0.4, 0.5) is 0 Å². The van der Waals surface area contributed by atoms with Crippen LogP contribution in [-0.4, -0.2) is 14.8 Å². The molecule has 0 spiro atoms. The van der Waals surface area contributed by atoms with E-state index in [-0.39, 0.29) is 0 Å². The zero-order valence-corrected chi connectivity index (χ0v) is 10.4. The Hall–Kier alpha value is -2.40. The third-order valence-electron chi connectivity index (χ3n) is 2.84. The SMILES string of the molecule is c1ccc(-n2cccn2)c(CNCc2cnco2)c1. The summed E-state index contributed by atoms with van der Waals surface area (Å²) in [5.41, 5.74) is 2.27. The first-order chi connectivity index (χ1) is 9.43. The van der Waals surface area contributed by atoms with Crippen molar-refractivity contribution in [1.29, 1.82) is 0 Å². The maximum atomic E-state index is 5.18. The van der Waals surface area contributed by atoms with Crippen LogP contribution in [0.5, 0.6) is 0 Å². The largest absolute Gasteiger partial charge is 0.447 e. The first kappa shape index (κ1) is 11.7. The van der Waals surface area contributed by atoms with Crippen molar-refractivity contribution in [2.24, 2.45) is 0 Å². The van der Waals surface area contributed by atoms with E-state index in [0.29, 0.717) is 6.54 Å². The number of hydrogen-bond donors (Lipinski definition) is 1. The van der Waals surface area contributed by atoms with Gasteiger partial charge in [-0.15, -0.1) is 0 Å². The highest BCUT2D eigenvalue weighted by atomic mass is 16.3. The van der Waals surface area contributed by atoms with Gasteiger partial charge in [-0.25, -0.2) is 9.67 Å². The van der Waals surface area contributed by atoms with Crippen LogP contribution in [0.25, 0.3) is 5.69 Å². The molecular formula is C14H14N4O. The lowest BCUT2D eigenvalue weighted by Gasteiger charge is -2.09. The Morgan fingerprint density at radius 1 is 1.16 bits per heavy atom. The summed E-state index contributed by atoms with van der Waals surface area (Å²) in [6.45, 7) is 1.41. The van der Waals surface area contributed by atoms with Crippen LogP contribution in [0, 0.1) is 0 Å². The minimum atomic E-state index is 0.660. The molecule has 96 valence electrons. The molecule has 5 nitrogen and oxygen atoms in total. The van der Waals surface area contributed by atoms with Gasteiger partial charge < -0.3 is 9.73 Å². The number of nitrogens with zero attached hydrogens (tertiary/aromatic N) is 3. The van der Waals surface area contributed by atoms with E-state index >= 15 is 0 Å². The average molecular weight is 254 g/mol. The molecule has 0 aliphatic carbocycles. The highest BCUT2D eigenvalue weighted by Gasteiger charge is 2.04. The molecule has 0 radical (unpaired) electrons. The van der Waals surface area contributed by atoms with Gasteiger partial charge in [0.05, 0.1) is 18.4 Å². The Morgan fingerprint density at radius 3 is 2.89 bits per heavy atom. The van der Waals surface area contributed by atoms with E-state index in [1.54, 1.807) is 12.4 Å². The number of rotatable bonds is 5. The van der Waals surface area contributed by atoms with Crippen molar-refractivity contribution in [3.8, 4) is 5.69 Å². The fourth-order valence-electron chi connectivity index (χ4n) is 1.94. The molecule has 0 bridgehead atoms. The lowest BCUT2D eigenvalue weighted by Crippen LogP contribution is -2.14. The summed E-state index contributed by atoms with van der Waals surface area (Å²) in [6.07, 6.45) is 6.87. The number of benzene rings is 1. The Balaban J connectivity index is 1.71. The molecule has 0 saturated heterocycles.